The SMILES string of the molecule is Cc1cc2c(cc1F)nc(C(C)Cl)n2CCN1CCCC1. The number of aryl methyl sites for hydroxylation is 1. The smallest absolute Gasteiger partial charge is 0.128 e. The van der Waals surface area contributed by atoms with Gasteiger partial charge in [0.1, 0.15) is 11.6 Å². The first kappa shape index (κ1) is 14.8. The number of imidazole rings is 1. The van der Waals surface area contributed by atoms with Crippen LogP contribution in [0, 0.1) is 12.7 Å². The second-order valence-corrected chi connectivity index (χ2v) is 6.53. The minimum atomic E-state index is -0.208. The summed E-state index contributed by atoms with van der Waals surface area (Å²) in [6.45, 7) is 7.90. The Labute approximate surface area is 129 Å². The van der Waals surface area contributed by atoms with Crippen molar-refractivity contribution < 1.29 is 4.39 Å². The highest BCUT2D eigenvalue weighted by Gasteiger charge is 2.18. The topological polar surface area (TPSA) is 21.1 Å². The zero-order valence-corrected chi connectivity index (χ0v) is 13.3. The monoisotopic (exact) mass is 309 g/mol. The molecule has 1 unspecified atom stereocenters. The van der Waals surface area contributed by atoms with E-state index in [1.807, 2.05) is 13.0 Å². The summed E-state index contributed by atoms with van der Waals surface area (Å²) < 4.78 is 15.9. The Hall–Kier alpha value is -1.13. The number of hydrogen-bond donors (Lipinski definition) is 0. The number of hydrogen-bond acceptors (Lipinski definition) is 2. The quantitative estimate of drug-likeness (QED) is 0.799. The second-order valence-electron chi connectivity index (χ2n) is 5.88. The standard InChI is InChI=1S/C16H21ClFN3/c1-11-9-15-14(10-13(11)18)19-16(12(2)17)21(15)8-7-20-5-3-4-6-20/h9-10,12H,3-8H2,1-2H3. The number of alkyl halides is 1. The predicted octanol–water partition coefficient (Wildman–Crippen LogP) is 3.88. The molecule has 1 atom stereocenters. The molecule has 0 saturated carbocycles. The van der Waals surface area contributed by atoms with E-state index >= 15 is 0 Å². The van der Waals surface area contributed by atoms with Crippen LogP contribution in [0.4, 0.5) is 4.39 Å². The Morgan fingerprint density at radius 3 is 2.67 bits per heavy atom. The molecule has 0 aliphatic carbocycles. The Kier molecular flexibility index (Phi) is 4.18. The minimum absolute atomic E-state index is 0.181. The molecule has 1 fully saturated rings. The molecule has 2 aromatic rings. The number of aromatic nitrogens is 2. The third kappa shape index (κ3) is 2.92. The van der Waals surface area contributed by atoms with Crippen molar-refractivity contribution >= 4 is 22.6 Å². The van der Waals surface area contributed by atoms with E-state index < -0.39 is 0 Å². The highest BCUT2D eigenvalue weighted by Crippen LogP contribution is 2.26. The summed E-state index contributed by atoms with van der Waals surface area (Å²) in [5.41, 5.74) is 2.33. The van der Waals surface area contributed by atoms with Crippen molar-refractivity contribution in [1.82, 2.24) is 14.5 Å². The van der Waals surface area contributed by atoms with Gasteiger partial charge in [-0.3, -0.25) is 0 Å². The normalized spacial score (nSPS) is 17.7. The minimum Gasteiger partial charge on any atom is -0.325 e. The summed E-state index contributed by atoms with van der Waals surface area (Å²) >= 11 is 6.26. The van der Waals surface area contributed by atoms with Crippen LogP contribution in [0.1, 0.15) is 36.5 Å². The van der Waals surface area contributed by atoms with Gasteiger partial charge in [0, 0.05) is 19.2 Å². The Morgan fingerprint density at radius 2 is 2.00 bits per heavy atom. The van der Waals surface area contributed by atoms with Gasteiger partial charge in [-0.1, -0.05) is 0 Å². The van der Waals surface area contributed by atoms with Crippen LogP contribution in [0.3, 0.4) is 0 Å². The molecule has 1 aliphatic heterocycles. The van der Waals surface area contributed by atoms with E-state index in [1.165, 1.54) is 32.0 Å². The number of nitrogens with zero attached hydrogens (tertiary/aromatic N) is 3. The lowest BCUT2D eigenvalue weighted by Gasteiger charge is -2.17. The molecule has 0 spiro atoms. The first-order valence-corrected chi connectivity index (χ1v) is 8.02. The molecular formula is C16H21ClFN3. The van der Waals surface area contributed by atoms with Crippen molar-refractivity contribution in [1.29, 1.82) is 0 Å². The largest absolute Gasteiger partial charge is 0.325 e. The molecule has 21 heavy (non-hydrogen) atoms. The van der Waals surface area contributed by atoms with Crippen LogP contribution in [-0.2, 0) is 6.54 Å². The molecular weight excluding hydrogens is 289 g/mol. The molecule has 5 heteroatoms. The molecule has 1 aromatic carbocycles. The highest BCUT2D eigenvalue weighted by atomic mass is 35.5. The lowest BCUT2D eigenvalue weighted by molar-refractivity contribution is 0.322. The van der Waals surface area contributed by atoms with Crippen molar-refractivity contribution in [3.05, 3.63) is 29.3 Å². The van der Waals surface area contributed by atoms with Crippen LogP contribution in [-0.4, -0.2) is 34.1 Å². The molecule has 0 radical (unpaired) electrons. The van der Waals surface area contributed by atoms with E-state index in [4.69, 9.17) is 11.6 Å². The molecule has 0 N–H and O–H groups in total. The summed E-state index contributed by atoms with van der Waals surface area (Å²) in [7, 11) is 0. The summed E-state index contributed by atoms with van der Waals surface area (Å²) in [6, 6.07) is 3.39. The number of benzene rings is 1. The lowest BCUT2D eigenvalue weighted by atomic mass is 10.2. The van der Waals surface area contributed by atoms with Gasteiger partial charge in [0.2, 0.25) is 0 Å². The van der Waals surface area contributed by atoms with Gasteiger partial charge in [0.15, 0.2) is 0 Å². The molecule has 1 aromatic heterocycles. The average molecular weight is 310 g/mol. The van der Waals surface area contributed by atoms with Crippen LogP contribution in [0.15, 0.2) is 12.1 Å². The first-order valence-electron chi connectivity index (χ1n) is 7.59. The maximum atomic E-state index is 13.7. The predicted molar refractivity (Wildman–Crippen MR) is 84.4 cm³/mol. The van der Waals surface area contributed by atoms with Crippen LogP contribution >= 0.6 is 11.6 Å². The fraction of sp³-hybridized carbons (Fsp3) is 0.562. The van der Waals surface area contributed by atoms with Crippen LogP contribution < -0.4 is 0 Å². The van der Waals surface area contributed by atoms with Gasteiger partial charge in [0.05, 0.1) is 16.4 Å². The molecule has 3 rings (SSSR count). The second kappa shape index (κ2) is 5.93. The van der Waals surface area contributed by atoms with E-state index in [0.717, 1.165) is 24.4 Å². The third-order valence-electron chi connectivity index (χ3n) is 4.25. The molecule has 1 aliphatic rings. The van der Waals surface area contributed by atoms with E-state index in [1.54, 1.807) is 6.92 Å². The number of likely N-dealkylation sites (tertiary alicyclic amines) is 1. The summed E-state index contributed by atoms with van der Waals surface area (Å²) in [4.78, 5) is 7.00. The van der Waals surface area contributed by atoms with Crippen LogP contribution in [0.5, 0.6) is 0 Å². The van der Waals surface area contributed by atoms with Gasteiger partial charge in [-0.15, -0.1) is 11.6 Å². The molecule has 0 bridgehead atoms. The number of rotatable bonds is 4. The molecule has 0 amide bonds. The molecule has 2 heterocycles. The number of fused-ring (bicyclic) bond motifs is 1. The maximum Gasteiger partial charge on any atom is 0.128 e. The maximum absolute atomic E-state index is 13.7. The highest BCUT2D eigenvalue weighted by molar-refractivity contribution is 6.20. The van der Waals surface area contributed by atoms with Gasteiger partial charge in [-0.25, -0.2) is 9.37 Å². The Balaban J connectivity index is 1.96. The zero-order chi connectivity index (χ0) is 15.0. The summed E-state index contributed by atoms with van der Waals surface area (Å²) in [6.07, 6.45) is 2.57. The first-order chi connectivity index (χ1) is 10.1. The molecule has 1 saturated heterocycles. The van der Waals surface area contributed by atoms with Gasteiger partial charge in [-0.05, 0) is 51.4 Å². The van der Waals surface area contributed by atoms with Crippen molar-refractivity contribution in [3.8, 4) is 0 Å². The van der Waals surface area contributed by atoms with Crippen LogP contribution in [0.2, 0.25) is 0 Å². The van der Waals surface area contributed by atoms with Gasteiger partial charge in [0.25, 0.3) is 0 Å². The van der Waals surface area contributed by atoms with E-state index in [2.05, 4.69) is 14.5 Å². The summed E-state index contributed by atoms with van der Waals surface area (Å²) in [5.74, 6) is 0.622. The lowest BCUT2D eigenvalue weighted by Crippen LogP contribution is -2.24. The van der Waals surface area contributed by atoms with Gasteiger partial charge in [-0.2, -0.15) is 0 Å². The van der Waals surface area contributed by atoms with E-state index in [0.29, 0.717) is 11.1 Å². The van der Waals surface area contributed by atoms with Crippen molar-refractivity contribution in [2.75, 3.05) is 19.6 Å². The van der Waals surface area contributed by atoms with Crippen LogP contribution in [0.25, 0.3) is 11.0 Å². The Morgan fingerprint density at radius 1 is 1.29 bits per heavy atom. The van der Waals surface area contributed by atoms with E-state index in [-0.39, 0.29) is 11.2 Å². The summed E-state index contributed by atoms with van der Waals surface area (Å²) in [5, 5.41) is -0.181. The average Bonchev–Trinajstić information content (AvgIpc) is 3.05. The fourth-order valence-electron chi connectivity index (χ4n) is 3.06. The van der Waals surface area contributed by atoms with Gasteiger partial charge >= 0.3 is 0 Å². The fourth-order valence-corrected chi connectivity index (χ4v) is 3.22. The number of halogens is 2. The van der Waals surface area contributed by atoms with E-state index in [9.17, 15) is 4.39 Å². The van der Waals surface area contributed by atoms with Crippen molar-refractivity contribution in [2.45, 2.75) is 38.6 Å². The van der Waals surface area contributed by atoms with Gasteiger partial charge < -0.3 is 9.47 Å². The molecule has 114 valence electrons. The zero-order valence-electron chi connectivity index (χ0n) is 12.6. The van der Waals surface area contributed by atoms with Crippen molar-refractivity contribution in [3.63, 3.8) is 0 Å². The van der Waals surface area contributed by atoms with Crippen molar-refractivity contribution in [2.24, 2.45) is 0 Å². The Bertz CT molecular complexity index is 644. The molecule has 3 nitrogen and oxygen atoms in total. The third-order valence-corrected chi connectivity index (χ3v) is 4.45.